The first kappa shape index (κ1) is 16.9. The molecule has 5 nitrogen and oxygen atoms in total. The highest BCUT2D eigenvalue weighted by molar-refractivity contribution is 6.31. The Morgan fingerprint density at radius 2 is 2.04 bits per heavy atom. The molecule has 2 heterocycles. The number of benzene rings is 1. The first-order valence-electron chi connectivity index (χ1n) is 8.81. The fourth-order valence-corrected chi connectivity index (χ4v) is 3.65. The normalized spacial score (nSPS) is 15.8. The number of aromatic nitrogens is 2. The van der Waals surface area contributed by atoms with E-state index < -0.39 is 0 Å². The quantitative estimate of drug-likeness (QED) is 0.902. The highest BCUT2D eigenvalue weighted by atomic mass is 35.5. The maximum absolute atomic E-state index is 12.5. The van der Waals surface area contributed by atoms with Gasteiger partial charge in [0.2, 0.25) is 0 Å². The van der Waals surface area contributed by atoms with Crippen molar-refractivity contribution in [1.29, 1.82) is 0 Å². The lowest BCUT2D eigenvalue weighted by atomic mass is 10.00. The fourth-order valence-electron chi connectivity index (χ4n) is 3.42. The second-order valence-corrected chi connectivity index (χ2v) is 7.07. The summed E-state index contributed by atoms with van der Waals surface area (Å²) in [5.74, 6) is -0.0872. The molecule has 0 atom stereocenters. The summed E-state index contributed by atoms with van der Waals surface area (Å²) in [6.07, 6.45) is 9.92. The number of halogens is 1. The Kier molecular flexibility index (Phi) is 4.55. The van der Waals surface area contributed by atoms with Gasteiger partial charge in [-0.3, -0.25) is 9.48 Å². The van der Waals surface area contributed by atoms with E-state index in [1.54, 1.807) is 10.9 Å². The first-order valence-corrected chi connectivity index (χ1v) is 9.19. The molecule has 0 unspecified atom stereocenters. The molecule has 2 aromatic rings. The van der Waals surface area contributed by atoms with Gasteiger partial charge in [-0.05, 0) is 48.3 Å². The van der Waals surface area contributed by atoms with Crippen LogP contribution >= 0.6 is 11.6 Å². The van der Waals surface area contributed by atoms with Gasteiger partial charge in [-0.1, -0.05) is 23.7 Å². The number of carbonyl (C=O) groups is 1. The molecule has 0 saturated carbocycles. The standard InChI is InChI=1S/C20H21ClN4O/c1-24-19(18(21)12-23-24)13-22-20(26)16-6-5-14-7-9-25(17-3-2-4-17)10-8-15(14)11-16/h2-6,11-12H,7-10,13H2,1H3,(H,22,26). The molecule has 1 aromatic heterocycles. The monoisotopic (exact) mass is 368 g/mol. The SMILES string of the molecule is Cn1ncc(Cl)c1CNC(=O)c1ccc2c(c1)CCN(C1=CC=C1)CC2. The first-order chi connectivity index (χ1) is 12.6. The highest BCUT2D eigenvalue weighted by Gasteiger charge is 2.18. The summed E-state index contributed by atoms with van der Waals surface area (Å²) in [6.45, 7) is 2.37. The van der Waals surface area contributed by atoms with Gasteiger partial charge in [0.1, 0.15) is 0 Å². The van der Waals surface area contributed by atoms with Crippen LogP contribution in [0, 0.1) is 0 Å². The van der Waals surface area contributed by atoms with E-state index in [0.717, 1.165) is 31.6 Å². The van der Waals surface area contributed by atoms with Crippen LogP contribution in [0.2, 0.25) is 5.02 Å². The van der Waals surface area contributed by atoms with E-state index >= 15 is 0 Å². The van der Waals surface area contributed by atoms with Crippen molar-refractivity contribution in [3.63, 3.8) is 0 Å². The molecular weight excluding hydrogens is 348 g/mol. The summed E-state index contributed by atoms with van der Waals surface area (Å²) >= 11 is 6.09. The lowest BCUT2D eigenvalue weighted by Gasteiger charge is -2.26. The van der Waals surface area contributed by atoms with Gasteiger partial charge in [0.05, 0.1) is 23.5 Å². The van der Waals surface area contributed by atoms with Crippen LogP contribution in [0.4, 0.5) is 0 Å². The molecule has 2 aliphatic rings. The number of carbonyl (C=O) groups excluding carboxylic acids is 1. The zero-order valence-corrected chi connectivity index (χ0v) is 15.5. The molecule has 26 heavy (non-hydrogen) atoms. The molecule has 6 heteroatoms. The summed E-state index contributed by atoms with van der Waals surface area (Å²) in [7, 11) is 1.81. The van der Waals surface area contributed by atoms with E-state index in [0.29, 0.717) is 17.1 Å². The summed E-state index contributed by atoms with van der Waals surface area (Å²) in [5.41, 5.74) is 5.40. The molecule has 1 aliphatic carbocycles. The Hall–Kier alpha value is -2.53. The molecule has 0 fully saturated rings. The van der Waals surface area contributed by atoms with Gasteiger partial charge in [-0.15, -0.1) is 0 Å². The number of nitrogens with one attached hydrogen (secondary N) is 1. The van der Waals surface area contributed by atoms with Crippen LogP contribution < -0.4 is 5.32 Å². The van der Waals surface area contributed by atoms with Gasteiger partial charge in [0, 0.05) is 31.4 Å². The number of nitrogens with zero attached hydrogens (tertiary/aromatic N) is 3. The summed E-state index contributed by atoms with van der Waals surface area (Å²) in [6, 6.07) is 6.04. The van der Waals surface area contributed by atoms with Gasteiger partial charge < -0.3 is 10.2 Å². The van der Waals surface area contributed by atoms with E-state index in [-0.39, 0.29) is 5.91 Å². The van der Waals surface area contributed by atoms with Crippen LogP contribution in [0.15, 0.2) is 48.3 Å². The van der Waals surface area contributed by atoms with Crippen LogP contribution in [-0.2, 0) is 26.4 Å². The zero-order valence-electron chi connectivity index (χ0n) is 14.7. The van der Waals surface area contributed by atoms with Gasteiger partial charge in [0.15, 0.2) is 0 Å². The molecule has 1 aromatic carbocycles. The lowest BCUT2D eigenvalue weighted by Crippen LogP contribution is -2.26. The highest BCUT2D eigenvalue weighted by Crippen LogP contribution is 2.22. The molecule has 1 N–H and O–H groups in total. The molecule has 1 aliphatic heterocycles. The zero-order chi connectivity index (χ0) is 18.1. The number of amides is 1. The van der Waals surface area contributed by atoms with Crippen molar-refractivity contribution in [3.8, 4) is 0 Å². The van der Waals surface area contributed by atoms with Crippen molar-refractivity contribution in [2.45, 2.75) is 19.4 Å². The summed E-state index contributed by atoms with van der Waals surface area (Å²) in [5, 5.41) is 7.59. The van der Waals surface area contributed by atoms with Crippen LogP contribution in [0.5, 0.6) is 0 Å². The average molecular weight is 369 g/mol. The second-order valence-electron chi connectivity index (χ2n) is 6.67. The van der Waals surface area contributed by atoms with Crippen molar-refractivity contribution in [2.24, 2.45) is 7.05 Å². The number of allylic oxidation sites excluding steroid dienone is 3. The molecular formula is C20H21ClN4O. The van der Waals surface area contributed by atoms with Crippen molar-refractivity contribution in [3.05, 3.63) is 75.7 Å². The molecule has 1 amide bonds. The Morgan fingerprint density at radius 3 is 2.69 bits per heavy atom. The van der Waals surface area contributed by atoms with Gasteiger partial charge in [-0.25, -0.2) is 0 Å². The smallest absolute Gasteiger partial charge is 0.251 e. The van der Waals surface area contributed by atoms with Crippen molar-refractivity contribution < 1.29 is 4.79 Å². The number of rotatable bonds is 4. The minimum atomic E-state index is -0.0872. The minimum Gasteiger partial charge on any atom is -0.371 e. The lowest BCUT2D eigenvalue weighted by molar-refractivity contribution is 0.0950. The molecule has 0 saturated heterocycles. The van der Waals surface area contributed by atoms with Crippen LogP contribution in [0.25, 0.3) is 0 Å². The third kappa shape index (κ3) is 3.27. The predicted molar refractivity (Wildman–Crippen MR) is 102 cm³/mol. The van der Waals surface area contributed by atoms with Gasteiger partial charge in [0.25, 0.3) is 5.91 Å². The maximum Gasteiger partial charge on any atom is 0.251 e. The topological polar surface area (TPSA) is 50.2 Å². The largest absolute Gasteiger partial charge is 0.371 e. The number of aryl methyl sites for hydroxylation is 1. The minimum absolute atomic E-state index is 0.0872. The molecule has 0 spiro atoms. The maximum atomic E-state index is 12.5. The molecule has 0 bridgehead atoms. The van der Waals surface area contributed by atoms with Gasteiger partial charge in [-0.2, -0.15) is 5.10 Å². The Bertz CT molecular complexity index is 893. The third-order valence-electron chi connectivity index (χ3n) is 5.10. The van der Waals surface area contributed by atoms with Crippen LogP contribution in [0.1, 0.15) is 27.2 Å². The third-order valence-corrected chi connectivity index (χ3v) is 5.41. The van der Waals surface area contributed by atoms with E-state index in [9.17, 15) is 4.79 Å². The summed E-state index contributed by atoms with van der Waals surface area (Å²) < 4.78 is 1.68. The van der Waals surface area contributed by atoms with E-state index in [2.05, 4.69) is 39.6 Å². The fraction of sp³-hybridized carbons (Fsp3) is 0.300. The van der Waals surface area contributed by atoms with E-state index in [4.69, 9.17) is 11.6 Å². The van der Waals surface area contributed by atoms with E-state index in [1.807, 2.05) is 19.2 Å². The van der Waals surface area contributed by atoms with E-state index in [1.165, 1.54) is 16.8 Å². The molecule has 0 radical (unpaired) electrons. The Labute approximate surface area is 157 Å². The van der Waals surface area contributed by atoms with Crippen molar-refractivity contribution in [1.82, 2.24) is 20.0 Å². The van der Waals surface area contributed by atoms with Crippen molar-refractivity contribution in [2.75, 3.05) is 13.1 Å². The number of hydrogen-bond acceptors (Lipinski definition) is 3. The summed E-state index contributed by atoms with van der Waals surface area (Å²) in [4.78, 5) is 15.0. The Morgan fingerprint density at radius 1 is 1.27 bits per heavy atom. The second kappa shape index (κ2) is 7.00. The van der Waals surface area contributed by atoms with Crippen LogP contribution in [0.3, 0.4) is 0 Å². The molecule has 134 valence electrons. The molecule has 4 rings (SSSR count). The van der Waals surface area contributed by atoms with Gasteiger partial charge >= 0.3 is 0 Å². The van der Waals surface area contributed by atoms with Crippen LogP contribution in [-0.4, -0.2) is 33.7 Å². The number of hydrogen-bond donors (Lipinski definition) is 1. The number of fused-ring (bicyclic) bond motifs is 1. The predicted octanol–water partition coefficient (Wildman–Crippen LogP) is 2.86. The Balaban J connectivity index is 1.44. The average Bonchev–Trinajstić information content (AvgIpc) is 2.79. The van der Waals surface area contributed by atoms with Crippen molar-refractivity contribution >= 4 is 17.5 Å².